The first-order valence-corrected chi connectivity index (χ1v) is 6.68. The van der Waals surface area contributed by atoms with E-state index < -0.39 is 18.0 Å². The van der Waals surface area contributed by atoms with Gasteiger partial charge in [-0.3, -0.25) is 10.0 Å². The number of hydrogen-bond donors (Lipinski definition) is 3. The number of nitrogens with one attached hydrogen (secondary N) is 1. The third kappa shape index (κ3) is 5.41. The van der Waals surface area contributed by atoms with Crippen molar-refractivity contribution in [3.63, 3.8) is 0 Å². The zero-order valence-electron chi connectivity index (χ0n) is 10.9. The number of hydroxylamine groups is 2. The molecule has 0 saturated carbocycles. The van der Waals surface area contributed by atoms with Gasteiger partial charge in [0.15, 0.2) is 0 Å². The summed E-state index contributed by atoms with van der Waals surface area (Å²) in [5.41, 5.74) is 5.74. The van der Waals surface area contributed by atoms with E-state index in [1.54, 1.807) is 13.0 Å². The molecule has 0 saturated heterocycles. The Hall–Kier alpha value is -1.86. The van der Waals surface area contributed by atoms with Crippen LogP contribution in [0.1, 0.15) is 12.5 Å². The summed E-state index contributed by atoms with van der Waals surface area (Å²) in [6.07, 6.45) is 2.84. The van der Waals surface area contributed by atoms with Crippen molar-refractivity contribution in [3.05, 3.63) is 40.4 Å². The fourth-order valence-corrected chi connectivity index (χ4v) is 1.63. The van der Waals surface area contributed by atoms with Gasteiger partial charge in [-0.15, -0.1) is 0 Å². The first-order chi connectivity index (χ1) is 9.40. The molecule has 0 heterocycles. The molecular formula is C13H16BrN3O3. The largest absolute Gasteiger partial charge is 0.352 e. The number of nitrogens with two attached hydrogens (primary N) is 1. The summed E-state index contributed by atoms with van der Waals surface area (Å²) in [6.45, 7) is 1.66. The van der Waals surface area contributed by atoms with E-state index in [0.717, 1.165) is 10.0 Å². The van der Waals surface area contributed by atoms with Crippen molar-refractivity contribution in [2.75, 3.05) is 6.54 Å². The van der Waals surface area contributed by atoms with Crippen molar-refractivity contribution in [2.24, 2.45) is 5.73 Å². The number of carbonyl (C=O) groups excluding carboxylic acids is 2. The van der Waals surface area contributed by atoms with Gasteiger partial charge < -0.3 is 11.1 Å². The Morgan fingerprint density at radius 1 is 1.45 bits per heavy atom. The summed E-state index contributed by atoms with van der Waals surface area (Å²) < 4.78 is 0.941. The maximum absolute atomic E-state index is 11.7. The average Bonchev–Trinajstić information content (AvgIpc) is 2.42. The molecule has 7 heteroatoms. The highest BCUT2D eigenvalue weighted by molar-refractivity contribution is 9.10. The van der Waals surface area contributed by atoms with Crippen molar-refractivity contribution < 1.29 is 14.8 Å². The highest BCUT2D eigenvalue weighted by Crippen LogP contribution is 2.11. The molecule has 1 rings (SSSR count). The molecule has 6 nitrogen and oxygen atoms in total. The first-order valence-electron chi connectivity index (χ1n) is 5.89. The summed E-state index contributed by atoms with van der Waals surface area (Å²) >= 11 is 3.31. The zero-order chi connectivity index (χ0) is 15.1. The summed E-state index contributed by atoms with van der Waals surface area (Å²) in [6, 6.07) is 6.06. The second-order valence-corrected chi connectivity index (χ2v) is 5.08. The van der Waals surface area contributed by atoms with Crippen molar-refractivity contribution in [2.45, 2.75) is 13.0 Å². The number of halogens is 1. The SMILES string of the molecule is C[C@H](CNC(N)=O)N(O)C(=O)/C=C/c1ccc(Br)cc1. The Morgan fingerprint density at radius 3 is 2.60 bits per heavy atom. The van der Waals surface area contributed by atoms with Crippen LogP contribution < -0.4 is 11.1 Å². The van der Waals surface area contributed by atoms with Crippen molar-refractivity contribution in [1.82, 2.24) is 10.4 Å². The van der Waals surface area contributed by atoms with E-state index in [2.05, 4.69) is 21.2 Å². The van der Waals surface area contributed by atoms with Crippen LogP contribution in [0, 0.1) is 0 Å². The smallest absolute Gasteiger partial charge is 0.312 e. The molecule has 1 aromatic rings. The van der Waals surface area contributed by atoms with Crippen LogP contribution in [0.25, 0.3) is 6.08 Å². The van der Waals surface area contributed by atoms with Gasteiger partial charge in [0.2, 0.25) is 0 Å². The van der Waals surface area contributed by atoms with Crippen LogP contribution >= 0.6 is 15.9 Å². The Balaban J connectivity index is 2.56. The van der Waals surface area contributed by atoms with Crippen LogP contribution in [0.3, 0.4) is 0 Å². The molecule has 0 aliphatic rings. The van der Waals surface area contributed by atoms with Crippen LogP contribution in [0.2, 0.25) is 0 Å². The standard InChI is InChI=1S/C13H16BrN3O3/c1-9(8-16-13(15)19)17(20)12(18)7-4-10-2-5-11(14)6-3-10/h2-7,9,20H,8H2,1H3,(H3,15,16,19)/b7-4+/t9-/m1/s1. The van der Waals surface area contributed by atoms with Crippen molar-refractivity contribution >= 4 is 33.9 Å². The highest BCUT2D eigenvalue weighted by Gasteiger charge is 2.15. The van der Waals surface area contributed by atoms with Crippen molar-refractivity contribution in [1.29, 1.82) is 0 Å². The molecule has 0 aliphatic heterocycles. The molecule has 1 atom stereocenters. The number of amides is 3. The summed E-state index contributed by atoms with van der Waals surface area (Å²) in [5, 5.41) is 12.5. The minimum atomic E-state index is -0.705. The minimum absolute atomic E-state index is 0.0731. The Morgan fingerprint density at radius 2 is 2.05 bits per heavy atom. The van der Waals surface area contributed by atoms with Gasteiger partial charge in [-0.1, -0.05) is 28.1 Å². The van der Waals surface area contributed by atoms with Crippen LogP contribution in [-0.2, 0) is 4.79 Å². The number of urea groups is 1. The molecule has 0 aliphatic carbocycles. The number of carbonyl (C=O) groups is 2. The van der Waals surface area contributed by atoms with Crippen LogP contribution in [0.5, 0.6) is 0 Å². The molecule has 0 unspecified atom stereocenters. The van der Waals surface area contributed by atoms with E-state index >= 15 is 0 Å². The van der Waals surface area contributed by atoms with Gasteiger partial charge in [0.25, 0.3) is 5.91 Å². The monoisotopic (exact) mass is 341 g/mol. The summed E-state index contributed by atoms with van der Waals surface area (Å²) in [5.74, 6) is -0.577. The molecule has 3 amide bonds. The molecule has 0 radical (unpaired) electrons. The lowest BCUT2D eigenvalue weighted by Crippen LogP contribution is -2.44. The molecule has 4 N–H and O–H groups in total. The summed E-state index contributed by atoms with van der Waals surface area (Å²) in [7, 11) is 0. The van der Waals surface area contributed by atoms with Crippen LogP contribution in [0.4, 0.5) is 4.79 Å². The lowest BCUT2D eigenvalue weighted by atomic mass is 10.2. The Labute approximate surface area is 125 Å². The third-order valence-corrected chi connectivity index (χ3v) is 3.03. The van der Waals surface area contributed by atoms with E-state index in [1.165, 1.54) is 6.08 Å². The normalized spacial score (nSPS) is 12.2. The van der Waals surface area contributed by atoms with Gasteiger partial charge >= 0.3 is 6.03 Å². The highest BCUT2D eigenvalue weighted by atomic mass is 79.9. The fraction of sp³-hybridized carbons (Fsp3) is 0.231. The molecule has 0 bridgehead atoms. The molecule has 20 heavy (non-hydrogen) atoms. The zero-order valence-corrected chi connectivity index (χ0v) is 12.5. The van der Waals surface area contributed by atoms with Crippen LogP contribution in [-0.4, -0.2) is 34.8 Å². The predicted octanol–water partition coefficient (Wildman–Crippen LogP) is 1.74. The van der Waals surface area contributed by atoms with Crippen LogP contribution in [0.15, 0.2) is 34.8 Å². The third-order valence-electron chi connectivity index (χ3n) is 2.50. The molecule has 1 aromatic carbocycles. The number of benzene rings is 1. The lowest BCUT2D eigenvalue weighted by molar-refractivity contribution is -0.167. The predicted molar refractivity (Wildman–Crippen MR) is 78.9 cm³/mol. The molecule has 108 valence electrons. The van der Waals surface area contributed by atoms with E-state index in [9.17, 15) is 14.8 Å². The number of rotatable bonds is 5. The molecule has 0 spiro atoms. The van der Waals surface area contributed by atoms with E-state index in [4.69, 9.17) is 5.73 Å². The van der Waals surface area contributed by atoms with Gasteiger partial charge in [-0.25, -0.2) is 9.86 Å². The number of hydrogen-bond acceptors (Lipinski definition) is 3. The van der Waals surface area contributed by atoms with Gasteiger partial charge in [0.05, 0.1) is 6.04 Å². The molecule has 0 aromatic heterocycles. The molecule has 0 fully saturated rings. The minimum Gasteiger partial charge on any atom is -0.352 e. The lowest BCUT2D eigenvalue weighted by Gasteiger charge is -2.21. The van der Waals surface area contributed by atoms with E-state index in [1.807, 2.05) is 24.3 Å². The average molecular weight is 342 g/mol. The van der Waals surface area contributed by atoms with Gasteiger partial charge in [0.1, 0.15) is 0 Å². The maximum Gasteiger partial charge on any atom is 0.312 e. The van der Waals surface area contributed by atoms with E-state index in [-0.39, 0.29) is 6.54 Å². The Kier molecular flexibility index (Phi) is 6.20. The van der Waals surface area contributed by atoms with E-state index in [0.29, 0.717) is 5.06 Å². The number of nitrogens with zero attached hydrogens (tertiary/aromatic N) is 1. The quantitative estimate of drug-likeness (QED) is 0.432. The second kappa shape index (κ2) is 7.66. The fourth-order valence-electron chi connectivity index (χ4n) is 1.37. The maximum atomic E-state index is 11.7. The summed E-state index contributed by atoms with van der Waals surface area (Å²) in [4.78, 5) is 22.2. The van der Waals surface area contributed by atoms with Gasteiger partial charge in [-0.2, -0.15) is 0 Å². The van der Waals surface area contributed by atoms with Crippen molar-refractivity contribution in [3.8, 4) is 0 Å². The molecular weight excluding hydrogens is 326 g/mol. The topological polar surface area (TPSA) is 95.7 Å². The second-order valence-electron chi connectivity index (χ2n) is 4.16. The number of primary amides is 1. The van der Waals surface area contributed by atoms with Gasteiger partial charge in [-0.05, 0) is 30.7 Å². The van der Waals surface area contributed by atoms with Gasteiger partial charge in [0, 0.05) is 17.1 Å². The Bertz CT molecular complexity index is 502. The first kappa shape index (κ1) is 16.2.